The number of rotatable bonds is 4. The van der Waals surface area contributed by atoms with E-state index in [2.05, 4.69) is 10.6 Å². The average Bonchev–Trinajstić information content (AvgIpc) is 2.46. The standard InChI is InChI=1S/C16H21ClN2O3/c1-18-15(21)12-6-5-11(9-13(12)17)19-14(20)10-16(22)7-3-2-4-8-16/h5-6,9,22H,2-4,7-8,10H2,1H3,(H,18,21)(H,19,20). The molecule has 0 spiro atoms. The highest BCUT2D eigenvalue weighted by Gasteiger charge is 2.31. The maximum absolute atomic E-state index is 12.1. The van der Waals surface area contributed by atoms with Crippen LogP contribution in [0.15, 0.2) is 18.2 Å². The Balaban J connectivity index is 1.99. The quantitative estimate of drug-likeness (QED) is 0.796. The van der Waals surface area contributed by atoms with Crippen LogP contribution in [0, 0.1) is 0 Å². The minimum atomic E-state index is -0.895. The van der Waals surface area contributed by atoms with Gasteiger partial charge in [0.15, 0.2) is 0 Å². The van der Waals surface area contributed by atoms with Gasteiger partial charge in [-0.15, -0.1) is 0 Å². The molecule has 0 radical (unpaired) electrons. The van der Waals surface area contributed by atoms with E-state index in [0.29, 0.717) is 24.1 Å². The highest BCUT2D eigenvalue weighted by atomic mass is 35.5. The van der Waals surface area contributed by atoms with Gasteiger partial charge in [-0.05, 0) is 31.0 Å². The van der Waals surface area contributed by atoms with E-state index in [4.69, 9.17) is 11.6 Å². The SMILES string of the molecule is CNC(=O)c1ccc(NC(=O)CC2(O)CCCCC2)cc1Cl. The third-order valence-electron chi connectivity index (χ3n) is 4.00. The van der Waals surface area contributed by atoms with Crippen molar-refractivity contribution >= 4 is 29.1 Å². The van der Waals surface area contributed by atoms with Crippen LogP contribution in [0.5, 0.6) is 0 Å². The molecule has 5 nitrogen and oxygen atoms in total. The number of aliphatic hydroxyl groups is 1. The fourth-order valence-corrected chi connectivity index (χ4v) is 3.07. The monoisotopic (exact) mass is 324 g/mol. The lowest BCUT2D eigenvalue weighted by molar-refractivity contribution is -0.122. The van der Waals surface area contributed by atoms with Crippen molar-refractivity contribution in [2.45, 2.75) is 44.1 Å². The normalized spacial score (nSPS) is 16.9. The first-order chi connectivity index (χ1) is 10.4. The van der Waals surface area contributed by atoms with Gasteiger partial charge >= 0.3 is 0 Å². The molecule has 0 unspecified atom stereocenters. The smallest absolute Gasteiger partial charge is 0.252 e. The lowest BCUT2D eigenvalue weighted by atomic mass is 9.82. The molecule has 0 bridgehead atoms. The number of halogens is 1. The Morgan fingerprint density at radius 1 is 1.27 bits per heavy atom. The lowest BCUT2D eigenvalue weighted by Gasteiger charge is -2.31. The highest BCUT2D eigenvalue weighted by Crippen LogP contribution is 2.31. The molecule has 0 aliphatic heterocycles. The van der Waals surface area contributed by atoms with Gasteiger partial charge in [0.1, 0.15) is 0 Å². The zero-order chi connectivity index (χ0) is 16.2. The molecule has 1 aromatic rings. The molecule has 6 heteroatoms. The molecular formula is C16H21ClN2O3. The maximum Gasteiger partial charge on any atom is 0.252 e. The number of amides is 2. The van der Waals surface area contributed by atoms with Crippen LogP contribution < -0.4 is 10.6 Å². The Kier molecular flexibility index (Phi) is 5.42. The van der Waals surface area contributed by atoms with Gasteiger partial charge in [0, 0.05) is 12.7 Å². The predicted octanol–water partition coefficient (Wildman–Crippen LogP) is 2.72. The summed E-state index contributed by atoms with van der Waals surface area (Å²) in [6.07, 6.45) is 4.43. The first kappa shape index (κ1) is 16.8. The van der Waals surface area contributed by atoms with Crippen LogP contribution >= 0.6 is 11.6 Å². The van der Waals surface area contributed by atoms with Crippen molar-refractivity contribution in [2.75, 3.05) is 12.4 Å². The number of hydrogen-bond donors (Lipinski definition) is 3. The molecule has 2 amide bonds. The van der Waals surface area contributed by atoms with Crippen LogP contribution in [-0.4, -0.2) is 29.6 Å². The second-order valence-corrected chi connectivity index (χ2v) is 6.19. The Morgan fingerprint density at radius 2 is 1.95 bits per heavy atom. The van der Waals surface area contributed by atoms with Crippen LogP contribution in [0.2, 0.25) is 5.02 Å². The highest BCUT2D eigenvalue weighted by molar-refractivity contribution is 6.34. The Bertz CT molecular complexity index is 569. The Morgan fingerprint density at radius 3 is 2.55 bits per heavy atom. The van der Waals surface area contributed by atoms with Crippen molar-refractivity contribution in [1.82, 2.24) is 5.32 Å². The van der Waals surface area contributed by atoms with E-state index in [-0.39, 0.29) is 23.3 Å². The van der Waals surface area contributed by atoms with Gasteiger partial charge in [0.05, 0.1) is 22.6 Å². The second-order valence-electron chi connectivity index (χ2n) is 5.78. The fraction of sp³-hybridized carbons (Fsp3) is 0.500. The minimum Gasteiger partial charge on any atom is -0.389 e. The van der Waals surface area contributed by atoms with Gasteiger partial charge in [-0.1, -0.05) is 30.9 Å². The second kappa shape index (κ2) is 7.11. The molecular weight excluding hydrogens is 304 g/mol. The molecule has 0 saturated heterocycles. The van der Waals surface area contributed by atoms with Crippen molar-refractivity contribution in [3.05, 3.63) is 28.8 Å². The first-order valence-corrected chi connectivity index (χ1v) is 7.85. The fourth-order valence-electron chi connectivity index (χ4n) is 2.80. The van der Waals surface area contributed by atoms with Gasteiger partial charge in [-0.2, -0.15) is 0 Å². The van der Waals surface area contributed by atoms with Crippen molar-refractivity contribution < 1.29 is 14.7 Å². The van der Waals surface area contributed by atoms with E-state index in [1.165, 1.54) is 13.1 Å². The predicted molar refractivity (Wildman–Crippen MR) is 86.1 cm³/mol. The van der Waals surface area contributed by atoms with E-state index in [0.717, 1.165) is 19.3 Å². The van der Waals surface area contributed by atoms with Gasteiger partial charge < -0.3 is 15.7 Å². The molecule has 1 saturated carbocycles. The third-order valence-corrected chi connectivity index (χ3v) is 4.31. The van der Waals surface area contributed by atoms with Crippen LogP contribution in [0.3, 0.4) is 0 Å². The number of nitrogens with one attached hydrogen (secondary N) is 2. The van der Waals surface area contributed by atoms with Crippen molar-refractivity contribution in [1.29, 1.82) is 0 Å². The third kappa shape index (κ3) is 4.21. The molecule has 0 aromatic heterocycles. The molecule has 0 heterocycles. The van der Waals surface area contributed by atoms with Crippen LogP contribution in [-0.2, 0) is 4.79 Å². The summed E-state index contributed by atoms with van der Waals surface area (Å²) in [6.45, 7) is 0. The maximum atomic E-state index is 12.1. The Hall–Kier alpha value is -1.59. The number of carbonyl (C=O) groups is 2. The summed E-state index contributed by atoms with van der Waals surface area (Å²) in [5.41, 5.74) is -0.0242. The minimum absolute atomic E-state index is 0.0851. The molecule has 1 aliphatic rings. The summed E-state index contributed by atoms with van der Waals surface area (Å²) in [7, 11) is 1.53. The van der Waals surface area contributed by atoms with Gasteiger partial charge in [-0.25, -0.2) is 0 Å². The van der Waals surface area contributed by atoms with E-state index in [1.807, 2.05) is 0 Å². The van der Waals surface area contributed by atoms with Crippen LogP contribution in [0.25, 0.3) is 0 Å². The first-order valence-electron chi connectivity index (χ1n) is 7.47. The summed E-state index contributed by atoms with van der Waals surface area (Å²) in [5, 5.41) is 15.9. The van der Waals surface area contributed by atoms with Gasteiger partial charge in [0.2, 0.25) is 5.91 Å². The summed E-state index contributed by atoms with van der Waals surface area (Å²) in [4.78, 5) is 23.6. The zero-order valence-electron chi connectivity index (χ0n) is 12.6. The molecule has 2 rings (SSSR count). The van der Waals surface area contributed by atoms with Gasteiger partial charge in [-0.3, -0.25) is 9.59 Å². The van der Waals surface area contributed by atoms with Crippen LogP contribution in [0.4, 0.5) is 5.69 Å². The topological polar surface area (TPSA) is 78.4 Å². The average molecular weight is 325 g/mol. The molecule has 3 N–H and O–H groups in total. The zero-order valence-corrected chi connectivity index (χ0v) is 13.4. The van der Waals surface area contributed by atoms with Crippen molar-refractivity contribution in [3.63, 3.8) is 0 Å². The molecule has 1 fully saturated rings. The number of benzene rings is 1. The summed E-state index contributed by atoms with van der Waals surface area (Å²) >= 11 is 6.04. The number of hydrogen-bond acceptors (Lipinski definition) is 3. The van der Waals surface area contributed by atoms with E-state index < -0.39 is 5.60 Å². The van der Waals surface area contributed by atoms with Crippen molar-refractivity contribution in [2.24, 2.45) is 0 Å². The van der Waals surface area contributed by atoms with E-state index in [9.17, 15) is 14.7 Å². The van der Waals surface area contributed by atoms with Crippen LogP contribution in [0.1, 0.15) is 48.9 Å². The number of carbonyl (C=O) groups excluding carboxylic acids is 2. The lowest BCUT2D eigenvalue weighted by Crippen LogP contribution is -2.35. The van der Waals surface area contributed by atoms with E-state index in [1.54, 1.807) is 12.1 Å². The molecule has 22 heavy (non-hydrogen) atoms. The largest absolute Gasteiger partial charge is 0.389 e. The summed E-state index contributed by atoms with van der Waals surface area (Å²) in [5.74, 6) is -0.521. The van der Waals surface area contributed by atoms with E-state index >= 15 is 0 Å². The summed E-state index contributed by atoms with van der Waals surface area (Å²) in [6, 6.07) is 4.72. The molecule has 120 valence electrons. The summed E-state index contributed by atoms with van der Waals surface area (Å²) < 4.78 is 0. The number of anilines is 1. The Labute approximate surface area is 135 Å². The molecule has 1 aliphatic carbocycles. The van der Waals surface area contributed by atoms with Crippen molar-refractivity contribution in [3.8, 4) is 0 Å². The molecule has 1 aromatic carbocycles. The van der Waals surface area contributed by atoms with Gasteiger partial charge in [0.25, 0.3) is 5.91 Å². The molecule has 0 atom stereocenters.